The molecular formula is C19H16N4O2. The van der Waals surface area contributed by atoms with Crippen molar-refractivity contribution in [3.63, 3.8) is 0 Å². The molecule has 3 aromatic rings. The minimum atomic E-state index is -0.125. The molecule has 1 amide bonds. The van der Waals surface area contributed by atoms with Crippen LogP contribution in [0.3, 0.4) is 0 Å². The average Bonchev–Trinajstić information content (AvgIpc) is 2.68. The molecule has 0 unspecified atom stereocenters. The first-order valence-corrected chi connectivity index (χ1v) is 8.09. The number of H-pyrrole nitrogens is 1. The van der Waals surface area contributed by atoms with Gasteiger partial charge in [-0.25, -0.2) is 4.98 Å². The molecule has 0 radical (unpaired) electrons. The van der Waals surface area contributed by atoms with Gasteiger partial charge in [0.1, 0.15) is 5.82 Å². The predicted molar refractivity (Wildman–Crippen MR) is 93.0 cm³/mol. The fraction of sp³-hybridized carbons (Fsp3) is 0.158. The van der Waals surface area contributed by atoms with Gasteiger partial charge in [-0.1, -0.05) is 30.3 Å². The van der Waals surface area contributed by atoms with Crippen molar-refractivity contribution in [3.05, 3.63) is 82.0 Å². The van der Waals surface area contributed by atoms with Gasteiger partial charge in [0.05, 0.1) is 12.2 Å². The molecule has 0 spiro atoms. The zero-order chi connectivity index (χ0) is 17.2. The van der Waals surface area contributed by atoms with Crippen molar-refractivity contribution >= 4 is 5.91 Å². The summed E-state index contributed by atoms with van der Waals surface area (Å²) in [6.45, 7) is 0.837. The SMILES string of the molecule is O=C(c1ccncc1)N1CCc2c(nc(-c3ccccc3)[nH]c2=O)C1. The minimum Gasteiger partial charge on any atom is -0.332 e. The molecule has 1 aliphatic heterocycles. The summed E-state index contributed by atoms with van der Waals surface area (Å²) in [5, 5.41) is 0. The number of nitrogens with one attached hydrogen (secondary N) is 1. The standard InChI is InChI=1S/C19H16N4O2/c24-18-15-8-11-23(19(25)14-6-9-20-10-7-14)12-16(15)21-17(22-18)13-4-2-1-3-5-13/h1-7,9-10H,8,11-12H2,(H,21,22,24). The molecule has 2 aromatic heterocycles. The summed E-state index contributed by atoms with van der Waals surface area (Å²) >= 11 is 0. The van der Waals surface area contributed by atoms with E-state index >= 15 is 0 Å². The second-order valence-corrected chi connectivity index (χ2v) is 5.92. The Bertz CT molecular complexity index is 968. The summed E-state index contributed by atoms with van der Waals surface area (Å²) in [5.41, 5.74) is 2.64. The van der Waals surface area contributed by atoms with Crippen LogP contribution in [-0.2, 0) is 13.0 Å². The highest BCUT2D eigenvalue weighted by molar-refractivity contribution is 5.94. The van der Waals surface area contributed by atoms with E-state index in [1.165, 1.54) is 0 Å². The van der Waals surface area contributed by atoms with Gasteiger partial charge in [0, 0.05) is 35.6 Å². The molecule has 6 heteroatoms. The van der Waals surface area contributed by atoms with Crippen LogP contribution in [0.4, 0.5) is 0 Å². The van der Waals surface area contributed by atoms with E-state index in [1.54, 1.807) is 29.4 Å². The molecule has 0 bridgehead atoms. The Morgan fingerprint density at radius 1 is 1.08 bits per heavy atom. The molecular weight excluding hydrogens is 316 g/mol. The largest absolute Gasteiger partial charge is 0.332 e. The Labute approximate surface area is 144 Å². The second kappa shape index (κ2) is 6.32. The van der Waals surface area contributed by atoms with E-state index in [0.717, 1.165) is 5.56 Å². The van der Waals surface area contributed by atoms with Crippen molar-refractivity contribution in [2.24, 2.45) is 0 Å². The summed E-state index contributed by atoms with van der Waals surface area (Å²) in [6, 6.07) is 12.9. The van der Waals surface area contributed by atoms with E-state index in [4.69, 9.17) is 0 Å². The van der Waals surface area contributed by atoms with Crippen LogP contribution in [0.1, 0.15) is 21.6 Å². The van der Waals surface area contributed by atoms with Gasteiger partial charge >= 0.3 is 0 Å². The Kier molecular flexibility index (Phi) is 3.85. The van der Waals surface area contributed by atoms with Gasteiger partial charge in [-0.05, 0) is 18.6 Å². The van der Waals surface area contributed by atoms with Crippen LogP contribution >= 0.6 is 0 Å². The first-order chi connectivity index (χ1) is 12.2. The van der Waals surface area contributed by atoms with Crippen molar-refractivity contribution in [2.45, 2.75) is 13.0 Å². The van der Waals surface area contributed by atoms with Gasteiger partial charge in [-0.15, -0.1) is 0 Å². The Morgan fingerprint density at radius 3 is 2.60 bits per heavy atom. The number of rotatable bonds is 2. The summed E-state index contributed by atoms with van der Waals surface area (Å²) in [6.07, 6.45) is 3.70. The van der Waals surface area contributed by atoms with Crippen LogP contribution in [0.2, 0.25) is 0 Å². The lowest BCUT2D eigenvalue weighted by molar-refractivity contribution is 0.0731. The smallest absolute Gasteiger partial charge is 0.254 e. The van der Waals surface area contributed by atoms with Gasteiger partial charge < -0.3 is 9.88 Å². The highest BCUT2D eigenvalue weighted by Crippen LogP contribution is 2.19. The molecule has 1 aliphatic rings. The third kappa shape index (κ3) is 2.94. The Hall–Kier alpha value is -3.28. The number of amides is 1. The monoisotopic (exact) mass is 332 g/mol. The van der Waals surface area contributed by atoms with E-state index in [0.29, 0.717) is 42.2 Å². The number of nitrogens with zero attached hydrogens (tertiary/aromatic N) is 3. The molecule has 0 saturated carbocycles. The van der Waals surface area contributed by atoms with Crippen molar-refractivity contribution in [1.29, 1.82) is 0 Å². The number of aromatic nitrogens is 3. The van der Waals surface area contributed by atoms with Crippen LogP contribution in [0.25, 0.3) is 11.4 Å². The number of aromatic amines is 1. The molecule has 3 heterocycles. The molecule has 1 N–H and O–H groups in total. The molecule has 0 aliphatic carbocycles. The van der Waals surface area contributed by atoms with Crippen molar-refractivity contribution in [1.82, 2.24) is 19.9 Å². The number of hydrogen-bond acceptors (Lipinski definition) is 4. The van der Waals surface area contributed by atoms with Gasteiger partial charge in [0.25, 0.3) is 11.5 Å². The van der Waals surface area contributed by atoms with Crippen molar-refractivity contribution in [3.8, 4) is 11.4 Å². The topological polar surface area (TPSA) is 79.0 Å². The van der Waals surface area contributed by atoms with E-state index in [-0.39, 0.29) is 11.5 Å². The lowest BCUT2D eigenvalue weighted by Gasteiger charge is -2.28. The van der Waals surface area contributed by atoms with Crippen LogP contribution in [-0.4, -0.2) is 32.3 Å². The van der Waals surface area contributed by atoms with Crippen LogP contribution < -0.4 is 5.56 Å². The first-order valence-electron chi connectivity index (χ1n) is 8.09. The lowest BCUT2D eigenvalue weighted by Crippen LogP contribution is -2.39. The lowest BCUT2D eigenvalue weighted by atomic mass is 10.0. The number of carbonyl (C=O) groups is 1. The zero-order valence-electron chi connectivity index (χ0n) is 13.5. The zero-order valence-corrected chi connectivity index (χ0v) is 13.5. The highest BCUT2D eigenvalue weighted by Gasteiger charge is 2.25. The van der Waals surface area contributed by atoms with Crippen molar-refractivity contribution < 1.29 is 4.79 Å². The number of pyridine rings is 1. The van der Waals surface area contributed by atoms with Gasteiger partial charge in [0.2, 0.25) is 0 Å². The van der Waals surface area contributed by atoms with Crippen molar-refractivity contribution in [2.75, 3.05) is 6.54 Å². The van der Waals surface area contributed by atoms with E-state index < -0.39 is 0 Å². The van der Waals surface area contributed by atoms with E-state index in [2.05, 4.69) is 15.0 Å². The van der Waals surface area contributed by atoms with E-state index in [9.17, 15) is 9.59 Å². The summed E-state index contributed by atoms with van der Waals surface area (Å²) in [4.78, 5) is 38.1. The number of benzene rings is 1. The number of carbonyl (C=O) groups excluding carboxylic acids is 1. The van der Waals surface area contributed by atoms with Crippen LogP contribution in [0.15, 0.2) is 59.7 Å². The Morgan fingerprint density at radius 2 is 1.84 bits per heavy atom. The third-order valence-corrected chi connectivity index (χ3v) is 4.34. The highest BCUT2D eigenvalue weighted by atomic mass is 16.2. The molecule has 0 saturated heterocycles. The minimum absolute atomic E-state index is 0.0728. The summed E-state index contributed by atoms with van der Waals surface area (Å²) < 4.78 is 0. The third-order valence-electron chi connectivity index (χ3n) is 4.34. The van der Waals surface area contributed by atoms with Crippen LogP contribution in [0.5, 0.6) is 0 Å². The number of fused-ring (bicyclic) bond motifs is 1. The Balaban J connectivity index is 1.67. The van der Waals surface area contributed by atoms with E-state index in [1.807, 2.05) is 30.3 Å². The molecule has 6 nitrogen and oxygen atoms in total. The normalized spacial score (nSPS) is 13.4. The fourth-order valence-corrected chi connectivity index (χ4v) is 3.02. The van der Waals surface area contributed by atoms with Gasteiger partial charge in [0.15, 0.2) is 0 Å². The summed E-state index contributed by atoms with van der Waals surface area (Å²) in [7, 11) is 0. The molecule has 25 heavy (non-hydrogen) atoms. The fourth-order valence-electron chi connectivity index (χ4n) is 3.02. The maximum atomic E-state index is 12.6. The predicted octanol–water partition coefficient (Wildman–Crippen LogP) is 2.03. The number of hydrogen-bond donors (Lipinski definition) is 1. The van der Waals surface area contributed by atoms with Crippen LogP contribution in [0, 0.1) is 0 Å². The maximum Gasteiger partial charge on any atom is 0.254 e. The van der Waals surface area contributed by atoms with Gasteiger partial charge in [-0.2, -0.15) is 0 Å². The summed E-state index contributed by atoms with van der Waals surface area (Å²) in [5.74, 6) is 0.457. The molecule has 124 valence electrons. The molecule has 1 aromatic carbocycles. The quantitative estimate of drug-likeness (QED) is 0.779. The molecule has 4 rings (SSSR count). The molecule has 0 atom stereocenters. The second-order valence-electron chi connectivity index (χ2n) is 5.92. The first kappa shape index (κ1) is 15.3. The maximum absolute atomic E-state index is 12.6. The average molecular weight is 332 g/mol. The molecule has 0 fully saturated rings. The van der Waals surface area contributed by atoms with Gasteiger partial charge in [-0.3, -0.25) is 14.6 Å².